The summed E-state index contributed by atoms with van der Waals surface area (Å²) in [5.74, 6) is -0.00995. The van der Waals surface area contributed by atoms with Crippen LogP contribution >= 0.6 is 22.9 Å². The van der Waals surface area contributed by atoms with Crippen LogP contribution in [0.1, 0.15) is 25.0 Å². The largest absolute Gasteiger partial charge is 0.343 e. The van der Waals surface area contributed by atoms with Crippen LogP contribution < -0.4 is 4.72 Å². The summed E-state index contributed by atoms with van der Waals surface area (Å²) in [6, 6.07) is 0. The Morgan fingerprint density at radius 3 is 2.65 bits per heavy atom. The van der Waals surface area contributed by atoms with Crippen LogP contribution in [0.5, 0.6) is 0 Å². The van der Waals surface area contributed by atoms with Gasteiger partial charge in [-0.3, -0.25) is 4.79 Å². The van der Waals surface area contributed by atoms with E-state index < -0.39 is 10.0 Å². The summed E-state index contributed by atoms with van der Waals surface area (Å²) in [5, 5.41) is 0. The molecule has 0 aromatic carbocycles. The summed E-state index contributed by atoms with van der Waals surface area (Å²) in [6.07, 6.45) is 2.22. The number of carbonyl (C=O) groups is 1. The van der Waals surface area contributed by atoms with Crippen molar-refractivity contribution >= 4 is 38.9 Å². The molecule has 0 radical (unpaired) electrons. The summed E-state index contributed by atoms with van der Waals surface area (Å²) in [4.78, 5) is 17.4. The number of hydrogen-bond donors (Lipinski definition) is 1. The SMILES string of the molecule is Cc1nc(Cl)sc1S(=O)(=O)NCCC(=O)N1CCCC1. The van der Waals surface area contributed by atoms with Gasteiger partial charge in [-0.25, -0.2) is 18.1 Å². The first-order chi connectivity index (χ1) is 9.40. The number of rotatable bonds is 5. The van der Waals surface area contributed by atoms with Gasteiger partial charge in [-0.05, 0) is 19.8 Å². The van der Waals surface area contributed by atoms with Crippen molar-refractivity contribution in [3.63, 3.8) is 0 Å². The van der Waals surface area contributed by atoms with Crippen LogP contribution in [-0.2, 0) is 14.8 Å². The number of amides is 1. The van der Waals surface area contributed by atoms with Crippen molar-refractivity contribution < 1.29 is 13.2 Å². The molecule has 0 atom stereocenters. The van der Waals surface area contributed by atoms with Crippen molar-refractivity contribution in [3.8, 4) is 0 Å². The van der Waals surface area contributed by atoms with Gasteiger partial charge in [-0.1, -0.05) is 22.9 Å². The highest BCUT2D eigenvalue weighted by molar-refractivity contribution is 7.91. The Bertz CT molecular complexity index is 594. The molecule has 1 aliphatic rings. The Hall–Kier alpha value is -0.700. The van der Waals surface area contributed by atoms with E-state index >= 15 is 0 Å². The van der Waals surface area contributed by atoms with Crippen LogP contribution in [0, 0.1) is 6.92 Å². The van der Waals surface area contributed by atoms with E-state index in [0.29, 0.717) is 5.69 Å². The molecule has 2 heterocycles. The lowest BCUT2D eigenvalue weighted by atomic mass is 10.4. The van der Waals surface area contributed by atoms with Crippen LogP contribution in [0.2, 0.25) is 4.47 Å². The van der Waals surface area contributed by atoms with E-state index in [2.05, 4.69) is 9.71 Å². The van der Waals surface area contributed by atoms with Gasteiger partial charge in [0.25, 0.3) is 10.0 Å². The Kier molecular flexibility index (Phi) is 5.00. The molecular weight excluding hydrogens is 322 g/mol. The molecule has 9 heteroatoms. The number of carbonyl (C=O) groups excluding carboxylic acids is 1. The van der Waals surface area contributed by atoms with Crippen LogP contribution in [0.15, 0.2) is 4.21 Å². The second kappa shape index (κ2) is 6.38. The highest BCUT2D eigenvalue weighted by Gasteiger charge is 2.22. The van der Waals surface area contributed by atoms with Crippen molar-refractivity contribution in [1.29, 1.82) is 0 Å². The fourth-order valence-corrected chi connectivity index (χ4v) is 4.90. The molecule has 6 nitrogen and oxygen atoms in total. The molecule has 1 amide bonds. The van der Waals surface area contributed by atoms with E-state index in [-0.39, 0.29) is 27.5 Å². The third-order valence-corrected chi connectivity index (χ3v) is 6.39. The molecule has 0 saturated carbocycles. The van der Waals surface area contributed by atoms with Gasteiger partial charge >= 0.3 is 0 Å². The van der Waals surface area contributed by atoms with Crippen molar-refractivity contribution in [1.82, 2.24) is 14.6 Å². The van der Waals surface area contributed by atoms with Gasteiger partial charge in [0.05, 0.1) is 5.69 Å². The molecule has 1 N–H and O–H groups in total. The van der Waals surface area contributed by atoms with Gasteiger partial charge < -0.3 is 4.90 Å². The Labute approximate surface area is 127 Å². The third kappa shape index (κ3) is 3.69. The van der Waals surface area contributed by atoms with Crippen LogP contribution in [0.25, 0.3) is 0 Å². The minimum Gasteiger partial charge on any atom is -0.343 e. The Morgan fingerprint density at radius 2 is 2.10 bits per heavy atom. The van der Waals surface area contributed by atoms with Gasteiger partial charge in [0.2, 0.25) is 5.91 Å². The lowest BCUT2D eigenvalue weighted by molar-refractivity contribution is -0.129. The predicted molar refractivity (Wildman–Crippen MR) is 77.5 cm³/mol. The molecule has 1 aromatic rings. The molecule has 0 unspecified atom stereocenters. The standard InChI is InChI=1S/C11H16ClN3O3S2/c1-8-10(19-11(12)14-8)20(17,18)13-5-4-9(16)15-6-2-3-7-15/h13H,2-7H2,1H3. The maximum absolute atomic E-state index is 12.0. The fraction of sp³-hybridized carbons (Fsp3) is 0.636. The molecule has 0 bridgehead atoms. The molecule has 0 spiro atoms. The van der Waals surface area contributed by atoms with E-state index in [1.165, 1.54) is 0 Å². The van der Waals surface area contributed by atoms with E-state index in [1.807, 2.05) is 0 Å². The summed E-state index contributed by atoms with van der Waals surface area (Å²) < 4.78 is 26.8. The molecule has 20 heavy (non-hydrogen) atoms. The third-order valence-electron chi connectivity index (χ3n) is 3.06. The average Bonchev–Trinajstić information content (AvgIpc) is 2.98. The smallest absolute Gasteiger partial charge is 0.251 e. The number of nitrogens with one attached hydrogen (secondary N) is 1. The zero-order valence-electron chi connectivity index (χ0n) is 11.1. The minimum atomic E-state index is -3.64. The number of nitrogens with zero attached hydrogens (tertiary/aromatic N) is 2. The Morgan fingerprint density at radius 1 is 1.45 bits per heavy atom. The van der Waals surface area contributed by atoms with Crippen molar-refractivity contribution in [2.75, 3.05) is 19.6 Å². The van der Waals surface area contributed by atoms with Gasteiger partial charge in [0.1, 0.15) is 0 Å². The zero-order valence-corrected chi connectivity index (χ0v) is 13.4. The van der Waals surface area contributed by atoms with Crippen molar-refractivity contribution in [2.45, 2.75) is 30.4 Å². The van der Waals surface area contributed by atoms with E-state index in [4.69, 9.17) is 11.6 Å². The first-order valence-corrected chi connectivity index (χ1v) is 8.98. The number of aryl methyl sites for hydroxylation is 1. The number of sulfonamides is 1. The predicted octanol–water partition coefficient (Wildman–Crippen LogP) is 1.40. The number of likely N-dealkylation sites (tertiary alicyclic amines) is 1. The van der Waals surface area contributed by atoms with Gasteiger partial charge in [0, 0.05) is 26.1 Å². The molecule has 2 rings (SSSR count). The first-order valence-electron chi connectivity index (χ1n) is 6.30. The van der Waals surface area contributed by atoms with Gasteiger partial charge in [0.15, 0.2) is 8.68 Å². The maximum Gasteiger partial charge on any atom is 0.251 e. The maximum atomic E-state index is 12.0. The van der Waals surface area contributed by atoms with E-state index in [0.717, 1.165) is 37.3 Å². The van der Waals surface area contributed by atoms with Gasteiger partial charge in [-0.15, -0.1) is 0 Å². The van der Waals surface area contributed by atoms with Crippen LogP contribution in [0.3, 0.4) is 0 Å². The normalized spacial score (nSPS) is 15.8. The summed E-state index contributed by atoms with van der Waals surface area (Å²) in [7, 11) is -3.64. The fourth-order valence-electron chi connectivity index (χ4n) is 2.08. The molecule has 1 aliphatic heterocycles. The Balaban J connectivity index is 1.89. The number of aromatic nitrogens is 1. The molecule has 1 aromatic heterocycles. The highest BCUT2D eigenvalue weighted by Crippen LogP contribution is 2.26. The number of hydrogen-bond acceptors (Lipinski definition) is 5. The minimum absolute atomic E-state index is 0.00995. The lowest BCUT2D eigenvalue weighted by Crippen LogP contribution is -2.32. The lowest BCUT2D eigenvalue weighted by Gasteiger charge is -2.15. The quantitative estimate of drug-likeness (QED) is 0.880. The first kappa shape index (κ1) is 15.7. The summed E-state index contributed by atoms with van der Waals surface area (Å²) in [5.41, 5.74) is 0.373. The monoisotopic (exact) mass is 337 g/mol. The molecule has 112 valence electrons. The molecule has 1 saturated heterocycles. The molecule has 1 fully saturated rings. The van der Waals surface area contributed by atoms with Crippen molar-refractivity contribution in [2.24, 2.45) is 0 Å². The average molecular weight is 338 g/mol. The summed E-state index contributed by atoms with van der Waals surface area (Å²) >= 11 is 6.61. The van der Waals surface area contributed by atoms with Crippen LogP contribution in [0.4, 0.5) is 0 Å². The zero-order chi connectivity index (χ0) is 14.8. The second-order valence-electron chi connectivity index (χ2n) is 4.58. The topological polar surface area (TPSA) is 79.4 Å². The van der Waals surface area contributed by atoms with E-state index in [9.17, 15) is 13.2 Å². The van der Waals surface area contributed by atoms with Crippen LogP contribution in [-0.4, -0.2) is 43.8 Å². The van der Waals surface area contributed by atoms with Crippen molar-refractivity contribution in [3.05, 3.63) is 10.2 Å². The molecule has 0 aliphatic carbocycles. The second-order valence-corrected chi connectivity index (χ2v) is 8.12. The number of thiazole rings is 1. The highest BCUT2D eigenvalue weighted by atomic mass is 35.5. The summed E-state index contributed by atoms with van der Waals surface area (Å²) in [6.45, 7) is 3.23. The molecular formula is C11H16ClN3O3S2. The van der Waals surface area contributed by atoms with E-state index in [1.54, 1.807) is 11.8 Å². The number of halogens is 1. The van der Waals surface area contributed by atoms with Gasteiger partial charge in [-0.2, -0.15) is 0 Å².